The average molecular weight is 380 g/mol. The predicted octanol–water partition coefficient (Wildman–Crippen LogP) is 0.810. The van der Waals surface area contributed by atoms with Crippen molar-refractivity contribution in [3.8, 4) is 5.75 Å². The van der Waals surface area contributed by atoms with Crippen molar-refractivity contribution in [2.24, 2.45) is 0 Å². The van der Waals surface area contributed by atoms with Gasteiger partial charge in [-0.15, -0.1) is 24.8 Å². The second-order valence-corrected chi connectivity index (χ2v) is 5.86. The third kappa shape index (κ3) is 7.68. The molecule has 6 nitrogen and oxygen atoms in total. The quantitative estimate of drug-likeness (QED) is 0.653. The average Bonchev–Trinajstić information content (AvgIpc) is 2.92. The minimum absolute atomic E-state index is 0. The Bertz CT molecular complexity index is 486. The highest BCUT2D eigenvalue weighted by molar-refractivity contribution is 5.85. The van der Waals surface area contributed by atoms with E-state index in [0.29, 0.717) is 26.1 Å². The molecule has 2 rings (SSSR count). The van der Waals surface area contributed by atoms with Gasteiger partial charge < -0.3 is 25.4 Å². The molecule has 2 unspecified atom stereocenters. The van der Waals surface area contributed by atoms with E-state index in [1.54, 1.807) is 0 Å². The number of hydrogen-bond acceptors (Lipinski definition) is 5. The van der Waals surface area contributed by atoms with Gasteiger partial charge in [-0.3, -0.25) is 4.79 Å². The molecule has 138 valence electrons. The Kier molecular flexibility index (Phi) is 11.0. The first-order valence-corrected chi connectivity index (χ1v) is 7.60. The number of rotatable bonds is 7. The lowest BCUT2D eigenvalue weighted by atomic mass is 10.1. The highest BCUT2D eigenvalue weighted by atomic mass is 35.5. The summed E-state index contributed by atoms with van der Waals surface area (Å²) >= 11 is 0. The monoisotopic (exact) mass is 379 g/mol. The van der Waals surface area contributed by atoms with E-state index in [2.05, 4.69) is 15.5 Å². The van der Waals surface area contributed by atoms with E-state index in [4.69, 9.17) is 4.74 Å². The second-order valence-electron chi connectivity index (χ2n) is 5.86. The lowest BCUT2D eigenvalue weighted by Crippen LogP contribution is -2.39. The van der Waals surface area contributed by atoms with Gasteiger partial charge in [0.05, 0.1) is 12.1 Å². The number of benzene rings is 1. The molecule has 3 N–H and O–H groups in total. The van der Waals surface area contributed by atoms with Gasteiger partial charge in [-0.25, -0.2) is 0 Å². The fourth-order valence-corrected chi connectivity index (χ4v) is 2.28. The number of aliphatic hydroxyl groups is 1. The number of likely N-dealkylation sites (N-methyl/N-ethyl adjacent to an activating group) is 1. The SMILES string of the molecule is CN(C)CCOc1ccc(CNC(=O)C2CC(O)CN2)cc1.Cl.Cl. The van der Waals surface area contributed by atoms with Gasteiger partial charge in [0.1, 0.15) is 12.4 Å². The first-order chi connectivity index (χ1) is 10.5. The van der Waals surface area contributed by atoms with Crippen LogP contribution >= 0.6 is 24.8 Å². The van der Waals surface area contributed by atoms with Gasteiger partial charge in [-0.2, -0.15) is 0 Å². The maximum Gasteiger partial charge on any atom is 0.237 e. The Morgan fingerprint density at radius 3 is 2.54 bits per heavy atom. The van der Waals surface area contributed by atoms with Gasteiger partial charge in [0, 0.05) is 19.6 Å². The summed E-state index contributed by atoms with van der Waals surface area (Å²) in [5.74, 6) is 0.764. The number of nitrogens with zero attached hydrogens (tertiary/aromatic N) is 1. The molecule has 1 fully saturated rings. The van der Waals surface area contributed by atoms with E-state index in [0.717, 1.165) is 17.9 Å². The molecule has 0 aromatic heterocycles. The smallest absolute Gasteiger partial charge is 0.237 e. The lowest BCUT2D eigenvalue weighted by Gasteiger charge is -2.12. The minimum Gasteiger partial charge on any atom is -0.492 e. The molecule has 1 amide bonds. The highest BCUT2D eigenvalue weighted by Gasteiger charge is 2.27. The van der Waals surface area contributed by atoms with Crippen LogP contribution in [0, 0.1) is 0 Å². The standard InChI is InChI=1S/C16H25N3O3.2ClH/c1-19(2)7-8-22-14-5-3-12(4-6-14)10-18-16(21)15-9-13(20)11-17-15;;/h3-6,13,15,17,20H,7-11H2,1-2H3,(H,18,21);2*1H. The summed E-state index contributed by atoms with van der Waals surface area (Å²) in [4.78, 5) is 14.0. The number of hydrogen-bond donors (Lipinski definition) is 3. The van der Waals surface area contributed by atoms with Crippen LogP contribution in [0.25, 0.3) is 0 Å². The molecule has 1 saturated heterocycles. The Hall–Kier alpha value is -1.05. The van der Waals surface area contributed by atoms with Crippen molar-refractivity contribution < 1.29 is 14.6 Å². The van der Waals surface area contributed by atoms with Gasteiger partial charge in [-0.1, -0.05) is 12.1 Å². The summed E-state index contributed by atoms with van der Waals surface area (Å²) in [5.41, 5.74) is 1.02. The summed E-state index contributed by atoms with van der Waals surface area (Å²) < 4.78 is 5.62. The molecule has 1 aromatic carbocycles. The van der Waals surface area contributed by atoms with E-state index in [1.807, 2.05) is 38.4 Å². The van der Waals surface area contributed by atoms with Crippen LogP contribution in [-0.4, -0.2) is 61.9 Å². The minimum atomic E-state index is -0.422. The zero-order chi connectivity index (χ0) is 15.9. The number of halogens is 2. The van der Waals surface area contributed by atoms with Gasteiger partial charge in [0.25, 0.3) is 0 Å². The highest BCUT2D eigenvalue weighted by Crippen LogP contribution is 2.12. The molecule has 1 aromatic rings. The molecule has 2 atom stereocenters. The van der Waals surface area contributed by atoms with E-state index < -0.39 is 6.10 Å². The summed E-state index contributed by atoms with van der Waals surface area (Å²) in [6.45, 7) is 2.49. The molecule has 1 aliphatic rings. The van der Waals surface area contributed by atoms with E-state index in [9.17, 15) is 9.90 Å². The number of β-amino-alcohol motifs (C(OH)–C–C–N with tert-alkyl or cyclic N) is 1. The molecule has 0 bridgehead atoms. The first kappa shape index (κ1) is 22.9. The number of carbonyl (C=O) groups excluding carboxylic acids is 1. The molecule has 0 aliphatic carbocycles. The molecule has 0 saturated carbocycles. The third-order valence-electron chi connectivity index (χ3n) is 3.62. The lowest BCUT2D eigenvalue weighted by molar-refractivity contribution is -0.123. The van der Waals surface area contributed by atoms with Crippen molar-refractivity contribution >= 4 is 30.7 Å². The fourth-order valence-electron chi connectivity index (χ4n) is 2.28. The number of amides is 1. The van der Waals surface area contributed by atoms with E-state index >= 15 is 0 Å². The van der Waals surface area contributed by atoms with Crippen molar-refractivity contribution in [1.82, 2.24) is 15.5 Å². The maximum absolute atomic E-state index is 11.9. The number of nitrogens with one attached hydrogen (secondary N) is 2. The largest absolute Gasteiger partial charge is 0.492 e. The summed E-state index contributed by atoms with van der Waals surface area (Å²) in [6.07, 6.45) is 0.0548. The third-order valence-corrected chi connectivity index (χ3v) is 3.62. The number of carbonyl (C=O) groups is 1. The topological polar surface area (TPSA) is 73.8 Å². The van der Waals surface area contributed by atoms with Crippen molar-refractivity contribution in [2.75, 3.05) is 33.8 Å². The second kappa shape index (κ2) is 11.5. The van der Waals surface area contributed by atoms with Crippen LogP contribution < -0.4 is 15.4 Å². The predicted molar refractivity (Wildman–Crippen MR) is 99.2 cm³/mol. The Balaban J connectivity index is 0.00000264. The van der Waals surface area contributed by atoms with Crippen LogP contribution in [-0.2, 0) is 11.3 Å². The molecule has 8 heteroatoms. The summed E-state index contributed by atoms with van der Waals surface area (Å²) in [6, 6.07) is 7.43. The molecular formula is C16H27Cl2N3O3. The van der Waals surface area contributed by atoms with Crippen LogP contribution in [0.4, 0.5) is 0 Å². The summed E-state index contributed by atoms with van der Waals surface area (Å²) in [7, 11) is 4.01. The van der Waals surface area contributed by atoms with Crippen molar-refractivity contribution in [3.05, 3.63) is 29.8 Å². The van der Waals surface area contributed by atoms with Crippen LogP contribution in [0.3, 0.4) is 0 Å². The van der Waals surface area contributed by atoms with Crippen molar-refractivity contribution in [1.29, 1.82) is 0 Å². The van der Waals surface area contributed by atoms with Crippen LogP contribution in [0.5, 0.6) is 5.75 Å². The maximum atomic E-state index is 11.9. The molecule has 1 heterocycles. The molecule has 0 radical (unpaired) electrons. The van der Waals surface area contributed by atoms with Gasteiger partial charge in [-0.05, 0) is 38.2 Å². The Morgan fingerprint density at radius 2 is 2.00 bits per heavy atom. The fraction of sp³-hybridized carbons (Fsp3) is 0.562. The molecule has 0 spiro atoms. The normalized spacial score (nSPS) is 19.3. The van der Waals surface area contributed by atoms with Crippen molar-refractivity contribution in [2.45, 2.75) is 25.1 Å². The van der Waals surface area contributed by atoms with Crippen LogP contribution in [0.1, 0.15) is 12.0 Å². The molecular weight excluding hydrogens is 353 g/mol. The van der Waals surface area contributed by atoms with Crippen LogP contribution in [0.2, 0.25) is 0 Å². The number of ether oxygens (including phenoxy) is 1. The van der Waals surface area contributed by atoms with Crippen LogP contribution in [0.15, 0.2) is 24.3 Å². The molecule has 1 aliphatic heterocycles. The molecule has 24 heavy (non-hydrogen) atoms. The van der Waals surface area contributed by atoms with Gasteiger partial charge in [0.2, 0.25) is 5.91 Å². The Labute approximate surface area is 155 Å². The van der Waals surface area contributed by atoms with E-state index in [-0.39, 0.29) is 36.8 Å². The van der Waals surface area contributed by atoms with E-state index in [1.165, 1.54) is 0 Å². The number of aliphatic hydroxyl groups excluding tert-OH is 1. The zero-order valence-electron chi connectivity index (χ0n) is 14.0. The Morgan fingerprint density at radius 1 is 1.33 bits per heavy atom. The van der Waals surface area contributed by atoms with Gasteiger partial charge in [0.15, 0.2) is 0 Å². The van der Waals surface area contributed by atoms with Gasteiger partial charge >= 0.3 is 0 Å². The van der Waals surface area contributed by atoms with Crippen molar-refractivity contribution in [3.63, 3.8) is 0 Å². The summed E-state index contributed by atoms with van der Waals surface area (Å²) in [5, 5.41) is 15.3. The first-order valence-electron chi connectivity index (χ1n) is 7.60. The zero-order valence-corrected chi connectivity index (χ0v) is 15.7.